The lowest BCUT2D eigenvalue weighted by atomic mass is 10.0. The summed E-state index contributed by atoms with van der Waals surface area (Å²) in [4.78, 5) is 11.1. The van der Waals surface area contributed by atoms with Crippen molar-refractivity contribution in [1.29, 1.82) is 0 Å². The van der Waals surface area contributed by atoms with E-state index in [0.717, 1.165) is 16.7 Å². The van der Waals surface area contributed by atoms with Gasteiger partial charge in [0.2, 0.25) is 0 Å². The van der Waals surface area contributed by atoms with Crippen molar-refractivity contribution in [3.63, 3.8) is 0 Å². The molecule has 0 aliphatic rings. The van der Waals surface area contributed by atoms with Crippen LogP contribution in [0.25, 0.3) is 0 Å². The minimum atomic E-state index is 0.0677. The fourth-order valence-electron chi connectivity index (χ4n) is 1.18. The van der Waals surface area contributed by atoms with Crippen LogP contribution in [0.1, 0.15) is 28.4 Å². The SMILES string of the molecule is CC(=O)c1cc(C)cc(Cl)c1C. The second-order valence-electron chi connectivity index (χ2n) is 2.98. The van der Waals surface area contributed by atoms with Crippen LogP contribution in [-0.4, -0.2) is 5.78 Å². The quantitative estimate of drug-likeness (QED) is 0.610. The van der Waals surface area contributed by atoms with Crippen molar-refractivity contribution >= 4 is 17.4 Å². The number of hydrogen-bond donors (Lipinski definition) is 0. The maximum Gasteiger partial charge on any atom is 0.160 e. The van der Waals surface area contributed by atoms with Crippen LogP contribution < -0.4 is 0 Å². The number of ketones is 1. The van der Waals surface area contributed by atoms with E-state index < -0.39 is 0 Å². The van der Waals surface area contributed by atoms with Crippen LogP contribution >= 0.6 is 11.6 Å². The second kappa shape index (κ2) is 3.28. The number of carbonyl (C=O) groups excluding carboxylic acids is 1. The Kier molecular flexibility index (Phi) is 2.53. The van der Waals surface area contributed by atoms with Crippen molar-refractivity contribution < 1.29 is 4.79 Å². The highest BCUT2D eigenvalue weighted by Gasteiger charge is 2.07. The first-order chi connectivity index (χ1) is 5.52. The molecule has 0 bridgehead atoms. The summed E-state index contributed by atoms with van der Waals surface area (Å²) in [6.45, 7) is 5.34. The van der Waals surface area contributed by atoms with Crippen LogP contribution in [0.3, 0.4) is 0 Å². The van der Waals surface area contributed by atoms with Crippen molar-refractivity contribution in [3.05, 3.63) is 33.8 Å². The van der Waals surface area contributed by atoms with E-state index in [2.05, 4.69) is 0 Å². The summed E-state index contributed by atoms with van der Waals surface area (Å²) in [5.41, 5.74) is 2.62. The number of aryl methyl sites for hydroxylation is 1. The van der Waals surface area contributed by atoms with Gasteiger partial charge >= 0.3 is 0 Å². The first-order valence-electron chi connectivity index (χ1n) is 3.80. The lowest BCUT2D eigenvalue weighted by molar-refractivity contribution is 0.101. The lowest BCUT2D eigenvalue weighted by Crippen LogP contribution is -1.97. The molecule has 0 atom stereocenters. The number of hydrogen-bond acceptors (Lipinski definition) is 1. The van der Waals surface area contributed by atoms with Crippen LogP contribution in [0.15, 0.2) is 12.1 Å². The first-order valence-corrected chi connectivity index (χ1v) is 4.18. The number of rotatable bonds is 1. The zero-order valence-corrected chi connectivity index (χ0v) is 8.20. The van der Waals surface area contributed by atoms with Gasteiger partial charge in [-0.3, -0.25) is 4.79 Å². The van der Waals surface area contributed by atoms with Gasteiger partial charge in [-0.1, -0.05) is 11.6 Å². The van der Waals surface area contributed by atoms with Crippen LogP contribution in [0.4, 0.5) is 0 Å². The second-order valence-corrected chi connectivity index (χ2v) is 3.38. The van der Waals surface area contributed by atoms with Crippen molar-refractivity contribution in [3.8, 4) is 0 Å². The number of benzene rings is 1. The minimum Gasteiger partial charge on any atom is -0.295 e. The molecule has 0 radical (unpaired) electrons. The highest BCUT2D eigenvalue weighted by molar-refractivity contribution is 6.32. The summed E-state index contributed by atoms with van der Waals surface area (Å²) >= 11 is 5.91. The van der Waals surface area contributed by atoms with E-state index in [1.165, 1.54) is 0 Å². The molecule has 2 heteroatoms. The molecule has 0 fully saturated rings. The van der Waals surface area contributed by atoms with E-state index in [9.17, 15) is 4.79 Å². The third-order valence-corrected chi connectivity index (χ3v) is 2.26. The number of halogens is 1. The van der Waals surface area contributed by atoms with Crippen LogP contribution in [0, 0.1) is 13.8 Å². The van der Waals surface area contributed by atoms with Gasteiger partial charge in [0.05, 0.1) is 0 Å². The van der Waals surface area contributed by atoms with Crippen molar-refractivity contribution in [2.75, 3.05) is 0 Å². The summed E-state index contributed by atoms with van der Waals surface area (Å²) in [6.07, 6.45) is 0. The summed E-state index contributed by atoms with van der Waals surface area (Å²) in [5.74, 6) is 0.0677. The molecule has 0 amide bonds. The standard InChI is InChI=1S/C10H11ClO/c1-6-4-9(8(3)12)7(2)10(11)5-6/h4-5H,1-3H3. The van der Waals surface area contributed by atoms with Gasteiger partial charge in [-0.05, 0) is 44.0 Å². The summed E-state index contributed by atoms with van der Waals surface area (Å²) in [5, 5.41) is 0.667. The molecule has 64 valence electrons. The third kappa shape index (κ3) is 1.67. The van der Waals surface area contributed by atoms with Crippen molar-refractivity contribution in [2.45, 2.75) is 20.8 Å². The average molecular weight is 183 g/mol. The van der Waals surface area contributed by atoms with Crippen LogP contribution in [-0.2, 0) is 0 Å². The van der Waals surface area contributed by atoms with Gasteiger partial charge in [-0.2, -0.15) is 0 Å². The molecule has 0 unspecified atom stereocenters. The molecule has 0 aliphatic heterocycles. The Hall–Kier alpha value is -0.820. The molecule has 0 N–H and O–H groups in total. The van der Waals surface area contributed by atoms with E-state index >= 15 is 0 Å². The molecule has 1 nitrogen and oxygen atoms in total. The maximum atomic E-state index is 11.1. The van der Waals surface area contributed by atoms with Gasteiger partial charge < -0.3 is 0 Å². The van der Waals surface area contributed by atoms with E-state index in [4.69, 9.17) is 11.6 Å². The van der Waals surface area contributed by atoms with Gasteiger partial charge in [-0.15, -0.1) is 0 Å². The Morgan fingerprint density at radius 1 is 1.33 bits per heavy atom. The van der Waals surface area contributed by atoms with E-state index in [0.29, 0.717) is 5.02 Å². The van der Waals surface area contributed by atoms with Crippen LogP contribution in [0.2, 0.25) is 5.02 Å². The molecule has 0 saturated heterocycles. The third-order valence-electron chi connectivity index (χ3n) is 1.87. The topological polar surface area (TPSA) is 17.1 Å². The monoisotopic (exact) mass is 182 g/mol. The van der Waals surface area contributed by atoms with E-state index in [-0.39, 0.29) is 5.78 Å². The van der Waals surface area contributed by atoms with Gasteiger partial charge in [0.25, 0.3) is 0 Å². The predicted octanol–water partition coefficient (Wildman–Crippen LogP) is 3.16. The Balaban J connectivity index is 3.37. The van der Waals surface area contributed by atoms with E-state index in [1.807, 2.05) is 26.0 Å². The Bertz CT molecular complexity index is 329. The molecular formula is C10H11ClO. The van der Waals surface area contributed by atoms with E-state index in [1.54, 1.807) is 6.92 Å². The van der Waals surface area contributed by atoms with Crippen molar-refractivity contribution in [2.24, 2.45) is 0 Å². The summed E-state index contributed by atoms with van der Waals surface area (Å²) in [7, 11) is 0. The molecule has 12 heavy (non-hydrogen) atoms. The highest BCUT2D eigenvalue weighted by Crippen LogP contribution is 2.21. The van der Waals surface area contributed by atoms with Crippen LogP contribution in [0.5, 0.6) is 0 Å². The molecular weight excluding hydrogens is 172 g/mol. The van der Waals surface area contributed by atoms with Gasteiger partial charge in [-0.25, -0.2) is 0 Å². The fraction of sp³-hybridized carbons (Fsp3) is 0.300. The number of Topliss-reactive ketones (excluding diaryl/α,β-unsaturated/α-hetero) is 1. The molecule has 0 saturated carbocycles. The van der Waals surface area contributed by atoms with Crippen molar-refractivity contribution in [1.82, 2.24) is 0 Å². The van der Waals surface area contributed by atoms with Gasteiger partial charge in [0.15, 0.2) is 5.78 Å². The lowest BCUT2D eigenvalue weighted by Gasteiger charge is -2.05. The summed E-state index contributed by atoms with van der Waals surface area (Å²) in [6, 6.07) is 3.73. The predicted molar refractivity (Wildman–Crippen MR) is 50.9 cm³/mol. The Morgan fingerprint density at radius 2 is 1.92 bits per heavy atom. The molecule has 1 aromatic rings. The zero-order valence-electron chi connectivity index (χ0n) is 7.44. The minimum absolute atomic E-state index is 0.0677. The normalized spacial score (nSPS) is 10.0. The summed E-state index contributed by atoms with van der Waals surface area (Å²) < 4.78 is 0. The average Bonchev–Trinajstić information content (AvgIpc) is 1.96. The Labute approximate surface area is 77.4 Å². The largest absolute Gasteiger partial charge is 0.295 e. The Morgan fingerprint density at radius 3 is 2.42 bits per heavy atom. The fourth-order valence-corrected chi connectivity index (χ4v) is 1.45. The molecule has 1 aromatic carbocycles. The van der Waals surface area contributed by atoms with Gasteiger partial charge in [0, 0.05) is 10.6 Å². The molecule has 0 heterocycles. The maximum absolute atomic E-state index is 11.1. The van der Waals surface area contributed by atoms with Gasteiger partial charge in [0.1, 0.15) is 0 Å². The zero-order chi connectivity index (χ0) is 9.30. The smallest absolute Gasteiger partial charge is 0.160 e. The first kappa shape index (κ1) is 9.27. The molecule has 0 aliphatic carbocycles. The molecule has 0 spiro atoms. The molecule has 1 rings (SSSR count). The highest BCUT2D eigenvalue weighted by atomic mass is 35.5. The number of carbonyl (C=O) groups is 1. The molecule has 0 aromatic heterocycles.